The number of halogens is 2. The molecule has 0 aliphatic heterocycles. The first kappa shape index (κ1) is 20.0. The van der Waals surface area contributed by atoms with Crippen LogP contribution in [0.1, 0.15) is 30.1 Å². The van der Waals surface area contributed by atoms with E-state index in [1.807, 2.05) is 19.1 Å². The van der Waals surface area contributed by atoms with Crippen LogP contribution in [0.25, 0.3) is 0 Å². The number of aryl methyl sites for hydroxylation is 1. The molecular formula is C17H23ClIN5O. The minimum Gasteiger partial charge on any atom is -0.356 e. The maximum atomic E-state index is 6.12. The van der Waals surface area contributed by atoms with Gasteiger partial charge in [-0.2, -0.15) is 4.98 Å². The van der Waals surface area contributed by atoms with Crippen LogP contribution in [-0.2, 0) is 11.8 Å². The molecule has 1 aromatic heterocycles. The van der Waals surface area contributed by atoms with E-state index in [1.54, 1.807) is 7.05 Å². The molecule has 0 radical (unpaired) electrons. The summed E-state index contributed by atoms with van der Waals surface area (Å²) in [5.74, 6) is 2.07. The van der Waals surface area contributed by atoms with Crippen molar-refractivity contribution in [2.45, 2.75) is 31.6 Å². The first-order valence-electron chi connectivity index (χ1n) is 8.11. The van der Waals surface area contributed by atoms with Gasteiger partial charge < -0.3 is 15.2 Å². The summed E-state index contributed by atoms with van der Waals surface area (Å²) in [5, 5.41) is 11.3. The molecule has 1 saturated carbocycles. The molecule has 0 bridgehead atoms. The molecule has 1 aliphatic carbocycles. The molecule has 2 aromatic rings. The van der Waals surface area contributed by atoms with Gasteiger partial charge in [0.25, 0.3) is 0 Å². The lowest BCUT2D eigenvalue weighted by molar-refractivity contribution is 0.374. The lowest BCUT2D eigenvalue weighted by atomic mass is 9.96. The first-order valence-corrected chi connectivity index (χ1v) is 8.49. The van der Waals surface area contributed by atoms with Gasteiger partial charge in [-0.25, -0.2) is 0 Å². The average molecular weight is 476 g/mol. The second-order valence-corrected chi connectivity index (χ2v) is 6.56. The Kier molecular flexibility index (Phi) is 7.06. The summed E-state index contributed by atoms with van der Waals surface area (Å²) in [7, 11) is 1.77. The van der Waals surface area contributed by atoms with Crippen molar-refractivity contribution in [2.75, 3.05) is 20.1 Å². The topological polar surface area (TPSA) is 75.3 Å². The molecule has 1 aromatic carbocycles. The van der Waals surface area contributed by atoms with Crippen molar-refractivity contribution in [3.05, 3.63) is 46.6 Å². The molecule has 6 nitrogen and oxygen atoms in total. The van der Waals surface area contributed by atoms with Crippen molar-refractivity contribution >= 4 is 41.5 Å². The van der Waals surface area contributed by atoms with Gasteiger partial charge in [0, 0.05) is 37.0 Å². The quantitative estimate of drug-likeness (QED) is 0.381. The van der Waals surface area contributed by atoms with Gasteiger partial charge in [0.05, 0.1) is 0 Å². The SMILES string of the molecule is CN=C(NCCc1nc(C)no1)NCC1(c2cccc(Cl)c2)CC1.I. The Morgan fingerprint density at radius 2 is 2.16 bits per heavy atom. The molecule has 136 valence electrons. The molecule has 1 fully saturated rings. The molecule has 8 heteroatoms. The summed E-state index contributed by atoms with van der Waals surface area (Å²) in [6.45, 7) is 3.34. The number of aliphatic imine (C=N–C) groups is 1. The highest BCUT2D eigenvalue weighted by molar-refractivity contribution is 14.0. The number of rotatable bonds is 6. The highest BCUT2D eigenvalue weighted by Crippen LogP contribution is 2.48. The van der Waals surface area contributed by atoms with Crippen LogP contribution in [0.4, 0.5) is 0 Å². The lowest BCUT2D eigenvalue weighted by Gasteiger charge is -2.19. The van der Waals surface area contributed by atoms with Crippen LogP contribution in [0, 0.1) is 6.92 Å². The van der Waals surface area contributed by atoms with E-state index in [0.717, 1.165) is 17.5 Å². The molecule has 0 saturated heterocycles. The second-order valence-electron chi connectivity index (χ2n) is 6.13. The zero-order valence-electron chi connectivity index (χ0n) is 14.4. The molecule has 0 amide bonds. The van der Waals surface area contributed by atoms with Gasteiger partial charge in [-0.15, -0.1) is 24.0 Å². The predicted octanol–water partition coefficient (Wildman–Crippen LogP) is 3.09. The van der Waals surface area contributed by atoms with Crippen molar-refractivity contribution in [2.24, 2.45) is 4.99 Å². The Bertz CT molecular complexity index is 729. The monoisotopic (exact) mass is 475 g/mol. The fourth-order valence-electron chi connectivity index (χ4n) is 2.74. The van der Waals surface area contributed by atoms with E-state index in [2.05, 4.69) is 37.9 Å². The fraction of sp³-hybridized carbons (Fsp3) is 0.471. The van der Waals surface area contributed by atoms with Crippen molar-refractivity contribution in [3.8, 4) is 0 Å². The summed E-state index contributed by atoms with van der Waals surface area (Å²) in [5.41, 5.74) is 1.46. The number of benzene rings is 1. The number of aromatic nitrogens is 2. The van der Waals surface area contributed by atoms with Crippen molar-refractivity contribution in [1.29, 1.82) is 0 Å². The number of hydrogen-bond acceptors (Lipinski definition) is 4. The van der Waals surface area contributed by atoms with Gasteiger partial charge in [0.2, 0.25) is 5.89 Å². The van der Waals surface area contributed by atoms with E-state index >= 15 is 0 Å². The Morgan fingerprint density at radius 1 is 1.36 bits per heavy atom. The van der Waals surface area contributed by atoms with E-state index < -0.39 is 0 Å². The molecule has 1 aliphatic rings. The van der Waals surface area contributed by atoms with E-state index in [9.17, 15) is 0 Å². The normalized spacial score (nSPS) is 15.4. The van der Waals surface area contributed by atoms with Crippen LogP contribution in [0.5, 0.6) is 0 Å². The average Bonchev–Trinajstić information content (AvgIpc) is 3.26. The van der Waals surface area contributed by atoms with Gasteiger partial charge in [-0.3, -0.25) is 4.99 Å². The highest BCUT2D eigenvalue weighted by atomic mass is 127. The van der Waals surface area contributed by atoms with Crippen LogP contribution >= 0.6 is 35.6 Å². The summed E-state index contributed by atoms with van der Waals surface area (Å²) < 4.78 is 5.10. The highest BCUT2D eigenvalue weighted by Gasteiger charge is 2.44. The third-order valence-corrected chi connectivity index (χ3v) is 4.54. The maximum absolute atomic E-state index is 6.12. The van der Waals surface area contributed by atoms with Gasteiger partial charge in [-0.05, 0) is 37.5 Å². The fourth-order valence-corrected chi connectivity index (χ4v) is 2.93. The third kappa shape index (κ3) is 5.31. The van der Waals surface area contributed by atoms with Crippen LogP contribution in [-0.4, -0.2) is 36.2 Å². The predicted molar refractivity (Wildman–Crippen MR) is 110 cm³/mol. The minimum atomic E-state index is 0. The number of hydrogen-bond donors (Lipinski definition) is 2. The second kappa shape index (κ2) is 8.84. The minimum absolute atomic E-state index is 0. The van der Waals surface area contributed by atoms with Gasteiger partial charge in [0.15, 0.2) is 11.8 Å². The summed E-state index contributed by atoms with van der Waals surface area (Å²) in [4.78, 5) is 8.45. The third-order valence-electron chi connectivity index (χ3n) is 4.31. The van der Waals surface area contributed by atoms with Crippen LogP contribution < -0.4 is 10.6 Å². The molecule has 0 unspecified atom stereocenters. The largest absolute Gasteiger partial charge is 0.356 e. The smallest absolute Gasteiger partial charge is 0.228 e. The summed E-state index contributed by atoms with van der Waals surface area (Å²) in [6, 6.07) is 8.13. The Morgan fingerprint density at radius 3 is 2.76 bits per heavy atom. The van der Waals surface area contributed by atoms with Gasteiger partial charge in [-0.1, -0.05) is 28.9 Å². The van der Waals surface area contributed by atoms with E-state index in [0.29, 0.717) is 24.7 Å². The van der Waals surface area contributed by atoms with Crippen molar-refractivity contribution in [1.82, 2.24) is 20.8 Å². The molecule has 0 atom stereocenters. The maximum Gasteiger partial charge on any atom is 0.228 e. The molecular weight excluding hydrogens is 453 g/mol. The lowest BCUT2D eigenvalue weighted by Crippen LogP contribution is -2.42. The first-order chi connectivity index (χ1) is 11.6. The van der Waals surface area contributed by atoms with Crippen molar-refractivity contribution in [3.63, 3.8) is 0 Å². The van der Waals surface area contributed by atoms with E-state index in [1.165, 1.54) is 18.4 Å². The molecule has 0 spiro atoms. The van der Waals surface area contributed by atoms with Crippen LogP contribution in [0.15, 0.2) is 33.8 Å². The number of guanidine groups is 1. The Labute approximate surface area is 169 Å². The standard InChI is InChI=1S/C17H22ClN5O.HI/c1-12-22-15(24-23-12)6-9-20-16(19-2)21-11-17(7-8-17)13-4-3-5-14(18)10-13;/h3-5,10H,6-9,11H2,1-2H3,(H2,19,20,21);1H. The van der Waals surface area contributed by atoms with Gasteiger partial charge in [0.1, 0.15) is 0 Å². The van der Waals surface area contributed by atoms with Gasteiger partial charge >= 0.3 is 0 Å². The van der Waals surface area contributed by atoms with E-state index in [4.69, 9.17) is 16.1 Å². The molecule has 3 rings (SSSR count). The molecule has 25 heavy (non-hydrogen) atoms. The Hall–Kier alpha value is -1.35. The zero-order chi connectivity index (χ0) is 17.0. The molecule has 2 N–H and O–H groups in total. The summed E-state index contributed by atoms with van der Waals surface area (Å²) >= 11 is 6.12. The zero-order valence-corrected chi connectivity index (χ0v) is 17.5. The van der Waals surface area contributed by atoms with E-state index in [-0.39, 0.29) is 29.4 Å². The van der Waals surface area contributed by atoms with Crippen LogP contribution in [0.2, 0.25) is 5.02 Å². The summed E-state index contributed by atoms with van der Waals surface area (Å²) in [6.07, 6.45) is 3.00. The number of nitrogens with zero attached hydrogens (tertiary/aromatic N) is 3. The van der Waals surface area contributed by atoms with Crippen LogP contribution in [0.3, 0.4) is 0 Å². The molecule has 1 heterocycles. The number of nitrogens with one attached hydrogen (secondary N) is 2. The Balaban J connectivity index is 0.00000225. The van der Waals surface area contributed by atoms with Crippen molar-refractivity contribution < 1.29 is 4.52 Å².